The molecule has 5 heteroatoms. The van der Waals surface area contributed by atoms with E-state index < -0.39 is 18.2 Å². The SMILES string of the molecule is COC(=O)[C@@H](O)[C@H](O)c1ccccc1CN. The molecule has 1 aromatic carbocycles. The molecule has 0 aliphatic rings. The van der Waals surface area contributed by atoms with Gasteiger partial charge in [0.1, 0.15) is 6.10 Å². The first kappa shape index (κ1) is 12.6. The number of hydrogen-bond acceptors (Lipinski definition) is 5. The third kappa shape index (κ3) is 2.57. The summed E-state index contributed by atoms with van der Waals surface area (Å²) in [4.78, 5) is 11.1. The van der Waals surface area contributed by atoms with E-state index in [1.165, 1.54) is 0 Å². The Morgan fingerprint density at radius 3 is 2.62 bits per heavy atom. The molecule has 16 heavy (non-hydrogen) atoms. The summed E-state index contributed by atoms with van der Waals surface area (Å²) >= 11 is 0. The van der Waals surface area contributed by atoms with Crippen molar-refractivity contribution in [1.82, 2.24) is 0 Å². The van der Waals surface area contributed by atoms with Crippen LogP contribution in [-0.2, 0) is 16.1 Å². The van der Waals surface area contributed by atoms with Gasteiger partial charge in [0.2, 0.25) is 0 Å². The fourth-order valence-electron chi connectivity index (χ4n) is 1.43. The van der Waals surface area contributed by atoms with E-state index in [-0.39, 0.29) is 6.54 Å². The van der Waals surface area contributed by atoms with Crippen molar-refractivity contribution in [1.29, 1.82) is 0 Å². The molecule has 0 heterocycles. The molecule has 4 N–H and O–H groups in total. The average molecular weight is 225 g/mol. The van der Waals surface area contributed by atoms with Crippen molar-refractivity contribution < 1.29 is 19.7 Å². The lowest BCUT2D eigenvalue weighted by Crippen LogP contribution is -2.29. The van der Waals surface area contributed by atoms with Gasteiger partial charge in [0.05, 0.1) is 7.11 Å². The lowest BCUT2D eigenvalue weighted by molar-refractivity contribution is -0.156. The molecule has 1 rings (SSSR count). The fraction of sp³-hybridized carbons (Fsp3) is 0.364. The first-order valence-corrected chi connectivity index (χ1v) is 4.83. The van der Waals surface area contributed by atoms with Crippen molar-refractivity contribution in [2.75, 3.05) is 7.11 Å². The first-order valence-electron chi connectivity index (χ1n) is 4.83. The summed E-state index contributed by atoms with van der Waals surface area (Å²) in [6, 6.07) is 6.80. The Morgan fingerprint density at radius 2 is 2.06 bits per heavy atom. The number of nitrogens with two attached hydrogens (primary N) is 1. The Hall–Kier alpha value is -1.43. The van der Waals surface area contributed by atoms with E-state index >= 15 is 0 Å². The zero-order valence-corrected chi connectivity index (χ0v) is 8.96. The Balaban J connectivity index is 2.95. The van der Waals surface area contributed by atoms with Crippen LogP contribution in [0, 0.1) is 0 Å². The molecule has 0 aliphatic carbocycles. The normalized spacial score (nSPS) is 14.2. The van der Waals surface area contributed by atoms with Crippen molar-refractivity contribution in [3.8, 4) is 0 Å². The molecule has 88 valence electrons. The van der Waals surface area contributed by atoms with E-state index in [0.29, 0.717) is 11.1 Å². The van der Waals surface area contributed by atoms with Crippen molar-refractivity contribution >= 4 is 5.97 Å². The quantitative estimate of drug-likeness (QED) is 0.612. The molecule has 0 spiro atoms. The maximum absolute atomic E-state index is 11.1. The van der Waals surface area contributed by atoms with Crippen molar-refractivity contribution in [3.63, 3.8) is 0 Å². The van der Waals surface area contributed by atoms with Gasteiger partial charge in [-0.1, -0.05) is 24.3 Å². The van der Waals surface area contributed by atoms with Gasteiger partial charge in [0.25, 0.3) is 0 Å². The van der Waals surface area contributed by atoms with Crippen molar-refractivity contribution in [3.05, 3.63) is 35.4 Å². The lowest BCUT2D eigenvalue weighted by atomic mass is 9.99. The van der Waals surface area contributed by atoms with Gasteiger partial charge in [-0.15, -0.1) is 0 Å². The summed E-state index contributed by atoms with van der Waals surface area (Å²) in [6.07, 6.45) is -2.93. The number of hydrogen-bond donors (Lipinski definition) is 3. The molecule has 2 atom stereocenters. The predicted octanol–water partition coefficient (Wildman–Crippen LogP) is -0.287. The van der Waals surface area contributed by atoms with Crippen LogP contribution >= 0.6 is 0 Å². The Bertz CT molecular complexity index is 367. The highest BCUT2D eigenvalue weighted by Gasteiger charge is 2.27. The summed E-state index contributed by atoms with van der Waals surface area (Å²) in [5, 5.41) is 19.3. The number of carbonyl (C=O) groups is 1. The maximum atomic E-state index is 11.1. The van der Waals surface area contributed by atoms with E-state index in [9.17, 15) is 15.0 Å². The van der Waals surface area contributed by atoms with E-state index in [4.69, 9.17) is 5.73 Å². The second-order valence-electron chi connectivity index (χ2n) is 3.32. The summed E-state index contributed by atoms with van der Waals surface area (Å²) in [7, 11) is 1.15. The molecule has 0 unspecified atom stereocenters. The molecule has 0 radical (unpaired) electrons. The molecule has 5 nitrogen and oxygen atoms in total. The van der Waals surface area contributed by atoms with Crippen LogP contribution in [0.25, 0.3) is 0 Å². The number of ether oxygens (including phenoxy) is 1. The number of carbonyl (C=O) groups excluding carboxylic acids is 1. The van der Waals surface area contributed by atoms with Crippen LogP contribution in [-0.4, -0.2) is 29.4 Å². The highest BCUT2D eigenvalue weighted by molar-refractivity contribution is 5.75. The monoisotopic (exact) mass is 225 g/mol. The fourth-order valence-corrected chi connectivity index (χ4v) is 1.43. The molecular weight excluding hydrogens is 210 g/mol. The molecule has 0 fully saturated rings. The number of methoxy groups -OCH3 is 1. The third-order valence-electron chi connectivity index (χ3n) is 2.34. The molecule has 0 bridgehead atoms. The number of aliphatic hydroxyl groups is 2. The number of rotatable bonds is 4. The van der Waals surface area contributed by atoms with Gasteiger partial charge in [0.15, 0.2) is 6.10 Å². The molecule has 0 aliphatic heterocycles. The predicted molar refractivity (Wildman–Crippen MR) is 57.3 cm³/mol. The van der Waals surface area contributed by atoms with Gasteiger partial charge < -0.3 is 20.7 Å². The molecule has 1 aromatic rings. The Morgan fingerprint density at radius 1 is 1.44 bits per heavy atom. The van der Waals surface area contributed by atoms with Crippen LogP contribution < -0.4 is 5.73 Å². The lowest BCUT2D eigenvalue weighted by Gasteiger charge is -2.18. The van der Waals surface area contributed by atoms with Crippen molar-refractivity contribution in [2.45, 2.75) is 18.8 Å². The van der Waals surface area contributed by atoms with Gasteiger partial charge in [0, 0.05) is 6.54 Å². The summed E-state index contributed by atoms with van der Waals surface area (Å²) in [6.45, 7) is 0.223. The van der Waals surface area contributed by atoms with Crippen LogP contribution in [0.15, 0.2) is 24.3 Å². The Kier molecular flexibility index (Phi) is 4.42. The number of benzene rings is 1. The minimum atomic E-state index is -1.60. The average Bonchev–Trinajstić information content (AvgIpc) is 2.35. The molecule has 0 amide bonds. The molecule has 0 aromatic heterocycles. The van der Waals surface area contributed by atoms with E-state index in [2.05, 4.69) is 4.74 Å². The summed E-state index contributed by atoms with van der Waals surface area (Å²) < 4.78 is 4.35. The van der Waals surface area contributed by atoms with Gasteiger partial charge in [-0.2, -0.15) is 0 Å². The number of aliphatic hydroxyl groups excluding tert-OH is 2. The zero-order valence-electron chi connectivity index (χ0n) is 8.96. The van der Waals surface area contributed by atoms with E-state index in [1.54, 1.807) is 24.3 Å². The molecule has 0 saturated heterocycles. The summed E-state index contributed by atoms with van der Waals surface area (Å²) in [5.41, 5.74) is 6.60. The van der Waals surface area contributed by atoms with Crippen LogP contribution in [0.2, 0.25) is 0 Å². The largest absolute Gasteiger partial charge is 0.467 e. The van der Waals surface area contributed by atoms with Crippen LogP contribution in [0.4, 0.5) is 0 Å². The first-order chi connectivity index (χ1) is 7.61. The second-order valence-corrected chi connectivity index (χ2v) is 3.32. The van der Waals surface area contributed by atoms with Gasteiger partial charge in [-0.05, 0) is 11.1 Å². The highest BCUT2D eigenvalue weighted by atomic mass is 16.5. The number of esters is 1. The Labute approximate surface area is 93.5 Å². The summed E-state index contributed by atoms with van der Waals surface area (Å²) in [5.74, 6) is -0.876. The van der Waals surface area contributed by atoms with Crippen LogP contribution in [0.5, 0.6) is 0 Å². The third-order valence-corrected chi connectivity index (χ3v) is 2.34. The highest BCUT2D eigenvalue weighted by Crippen LogP contribution is 2.21. The van der Waals surface area contributed by atoms with Crippen LogP contribution in [0.1, 0.15) is 17.2 Å². The maximum Gasteiger partial charge on any atom is 0.337 e. The standard InChI is InChI=1S/C11H15NO4/c1-16-11(15)10(14)9(13)8-5-3-2-4-7(8)6-12/h2-5,9-10,13-14H,6,12H2,1H3/t9-,10+/m1/s1. The second kappa shape index (κ2) is 5.60. The minimum Gasteiger partial charge on any atom is -0.467 e. The van der Waals surface area contributed by atoms with Crippen LogP contribution in [0.3, 0.4) is 0 Å². The van der Waals surface area contributed by atoms with E-state index in [0.717, 1.165) is 7.11 Å². The smallest absolute Gasteiger partial charge is 0.337 e. The van der Waals surface area contributed by atoms with E-state index in [1.807, 2.05) is 0 Å². The van der Waals surface area contributed by atoms with Crippen molar-refractivity contribution in [2.24, 2.45) is 5.73 Å². The topological polar surface area (TPSA) is 92.8 Å². The van der Waals surface area contributed by atoms with Gasteiger partial charge >= 0.3 is 5.97 Å². The molecular formula is C11H15NO4. The van der Waals surface area contributed by atoms with Gasteiger partial charge in [-0.3, -0.25) is 0 Å². The minimum absolute atomic E-state index is 0.223. The zero-order chi connectivity index (χ0) is 12.1. The van der Waals surface area contributed by atoms with Gasteiger partial charge in [-0.25, -0.2) is 4.79 Å². The molecule has 0 saturated carbocycles.